The smallest absolute Gasteiger partial charge is 0.106 e. The lowest BCUT2D eigenvalue weighted by atomic mass is 10.0. The summed E-state index contributed by atoms with van der Waals surface area (Å²) in [5.41, 5.74) is 2.37. The number of hydrogen-bond acceptors (Lipinski definition) is 3. The van der Waals surface area contributed by atoms with Crippen LogP contribution in [-0.4, -0.2) is 16.8 Å². The van der Waals surface area contributed by atoms with E-state index in [1.165, 1.54) is 11.3 Å². The summed E-state index contributed by atoms with van der Waals surface area (Å²) in [6, 6.07) is 4.30. The van der Waals surface area contributed by atoms with Gasteiger partial charge in [-0.25, -0.2) is 0 Å². The maximum atomic E-state index is 5.63. The number of aryl methyl sites for hydroxylation is 3. The van der Waals surface area contributed by atoms with Crippen molar-refractivity contribution in [2.45, 2.75) is 39.8 Å². The van der Waals surface area contributed by atoms with Crippen molar-refractivity contribution in [1.82, 2.24) is 15.1 Å². The van der Waals surface area contributed by atoms with Crippen LogP contribution in [0.2, 0.25) is 0 Å². The van der Waals surface area contributed by atoms with Crippen molar-refractivity contribution in [3.63, 3.8) is 0 Å². The van der Waals surface area contributed by atoms with Gasteiger partial charge in [-0.2, -0.15) is 5.10 Å². The molecule has 0 aliphatic rings. The zero-order chi connectivity index (χ0) is 13.1. The molecule has 1 unspecified atom stereocenters. The van der Waals surface area contributed by atoms with E-state index in [1.807, 2.05) is 27.1 Å². The molecule has 1 N–H and O–H groups in total. The summed E-state index contributed by atoms with van der Waals surface area (Å²) in [5.74, 6) is 1.92. The molecule has 4 nitrogen and oxygen atoms in total. The Morgan fingerprint density at radius 2 is 2.22 bits per heavy atom. The summed E-state index contributed by atoms with van der Waals surface area (Å²) in [5, 5.41) is 7.74. The number of aromatic nitrogens is 2. The molecule has 2 rings (SSSR count). The van der Waals surface area contributed by atoms with Gasteiger partial charge < -0.3 is 9.73 Å². The van der Waals surface area contributed by atoms with Crippen LogP contribution in [0.1, 0.15) is 42.2 Å². The fourth-order valence-corrected chi connectivity index (χ4v) is 2.39. The molecule has 0 saturated carbocycles. The summed E-state index contributed by atoms with van der Waals surface area (Å²) in [4.78, 5) is 0. The third kappa shape index (κ3) is 2.34. The number of nitrogens with one attached hydrogen (secondary N) is 1. The molecule has 2 aromatic heterocycles. The first-order chi connectivity index (χ1) is 8.67. The van der Waals surface area contributed by atoms with Crippen molar-refractivity contribution in [3.05, 3.63) is 41.1 Å². The molecule has 18 heavy (non-hydrogen) atoms. The van der Waals surface area contributed by atoms with Gasteiger partial charge in [0.05, 0.1) is 11.7 Å². The third-order valence-corrected chi connectivity index (χ3v) is 3.16. The fourth-order valence-electron chi connectivity index (χ4n) is 2.39. The fraction of sp³-hybridized carbons (Fsp3) is 0.500. The largest absolute Gasteiger partial charge is 0.466 e. The normalized spacial score (nSPS) is 12.9. The highest BCUT2D eigenvalue weighted by molar-refractivity contribution is 5.31. The van der Waals surface area contributed by atoms with Gasteiger partial charge in [-0.05, 0) is 39.4 Å². The lowest BCUT2D eigenvalue weighted by Crippen LogP contribution is -2.21. The predicted molar refractivity (Wildman–Crippen MR) is 71.6 cm³/mol. The standard InChI is InChI=1S/C14H21N3O/c1-5-8-17-13(6-7-16-17)14(15-4)12-9-10(2)18-11(12)3/h6-7,9,14-15H,5,8H2,1-4H3. The van der Waals surface area contributed by atoms with Crippen LogP contribution in [0.5, 0.6) is 0 Å². The van der Waals surface area contributed by atoms with Gasteiger partial charge in [0, 0.05) is 18.3 Å². The van der Waals surface area contributed by atoms with Crippen LogP contribution in [-0.2, 0) is 6.54 Å². The number of furan rings is 1. The Labute approximate surface area is 108 Å². The Balaban J connectivity index is 2.39. The first-order valence-corrected chi connectivity index (χ1v) is 6.43. The van der Waals surface area contributed by atoms with Gasteiger partial charge in [0.15, 0.2) is 0 Å². The minimum absolute atomic E-state index is 0.136. The summed E-state index contributed by atoms with van der Waals surface area (Å²) >= 11 is 0. The Morgan fingerprint density at radius 3 is 2.78 bits per heavy atom. The molecule has 2 heterocycles. The minimum Gasteiger partial charge on any atom is -0.466 e. The molecule has 2 aromatic rings. The van der Waals surface area contributed by atoms with Gasteiger partial charge in [-0.1, -0.05) is 6.92 Å². The number of hydrogen-bond donors (Lipinski definition) is 1. The van der Waals surface area contributed by atoms with Crippen molar-refractivity contribution in [2.24, 2.45) is 0 Å². The molecule has 0 spiro atoms. The molecular weight excluding hydrogens is 226 g/mol. The second-order valence-corrected chi connectivity index (χ2v) is 4.57. The maximum Gasteiger partial charge on any atom is 0.106 e. The maximum absolute atomic E-state index is 5.63. The van der Waals surface area contributed by atoms with Gasteiger partial charge in [-0.3, -0.25) is 4.68 Å². The van der Waals surface area contributed by atoms with Crippen LogP contribution in [0.3, 0.4) is 0 Å². The third-order valence-electron chi connectivity index (χ3n) is 3.16. The molecule has 0 aliphatic heterocycles. The van der Waals surface area contributed by atoms with Gasteiger partial charge in [0.2, 0.25) is 0 Å². The zero-order valence-electron chi connectivity index (χ0n) is 11.5. The van der Waals surface area contributed by atoms with Crippen molar-refractivity contribution in [3.8, 4) is 0 Å². The van der Waals surface area contributed by atoms with Crippen LogP contribution in [0.15, 0.2) is 22.7 Å². The van der Waals surface area contributed by atoms with Crippen molar-refractivity contribution >= 4 is 0 Å². The summed E-state index contributed by atoms with van der Waals surface area (Å²) in [6.45, 7) is 7.09. The Bertz CT molecular complexity index is 513. The average molecular weight is 247 g/mol. The monoisotopic (exact) mass is 247 g/mol. The van der Waals surface area contributed by atoms with E-state index in [2.05, 4.69) is 34.2 Å². The molecule has 4 heteroatoms. The van der Waals surface area contributed by atoms with E-state index in [1.54, 1.807) is 0 Å². The number of nitrogens with zero attached hydrogens (tertiary/aromatic N) is 2. The summed E-state index contributed by atoms with van der Waals surface area (Å²) in [6.07, 6.45) is 2.94. The highest BCUT2D eigenvalue weighted by Crippen LogP contribution is 2.27. The van der Waals surface area contributed by atoms with Crippen molar-refractivity contribution in [1.29, 1.82) is 0 Å². The molecule has 0 aromatic carbocycles. The van der Waals surface area contributed by atoms with Crippen LogP contribution >= 0.6 is 0 Å². The molecule has 0 amide bonds. The topological polar surface area (TPSA) is 43.0 Å². The van der Waals surface area contributed by atoms with E-state index in [-0.39, 0.29) is 6.04 Å². The van der Waals surface area contributed by atoms with Crippen LogP contribution < -0.4 is 5.32 Å². The summed E-state index contributed by atoms with van der Waals surface area (Å²) in [7, 11) is 1.97. The lowest BCUT2D eigenvalue weighted by molar-refractivity contribution is 0.490. The first kappa shape index (κ1) is 12.9. The Kier molecular flexibility index (Phi) is 3.87. The van der Waals surface area contributed by atoms with Gasteiger partial charge in [-0.15, -0.1) is 0 Å². The Morgan fingerprint density at radius 1 is 1.44 bits per heavy atom. The van der Waals surface area contributed by atoms with E-state index in [0.29, 0.717) is 0 Å². The summed E-state index contributed by atoms with van der Waals surface area (Å²) < 4.78 is 7.68. The SMILES string of the molecule is CCCn1nccc1C(NC)c1cc(C)oc1C. The van der Waals surface area contributed by atoms with E-state index in [4.69, 9.17) is 4.42 Å². The quantitative estimate of drug-likeness (QED) is 0.883. The van der Waals surface area contributed by atoms with Gasteiger partial charge in [0.25, 0.3) is 0 Å². The van der Waals surface area contributed by atoms with Gasteiger partial charge >= 0.3 is 0 Å². The Hall–Kier alpha value is -1.55. The molecule has 0 fully saturated rings. The van der Waals surface area contributed by atoms with E-state index >= 15 is 0 Å². The van der Waals surface area contributed by atoms with Crippen molar-refractivity contribution < 1.29 is 4.42 Å². The number of rotatable bonds is 5. The van der Waals surface area contributed by atoms with E-state index in [0.717, 1.165) is 24.5 Å². The van der Waals surface area contributed by atoms with Crippen molar-refractivity contribution in [2.75, 3.05) is 7.05 Å². The molecular formula is C14H21N3O. The van der Waals surface area contributed by atoms with Gasteiger partial charge in [0.1, 0.15) is 11.5 Å². The molecule has 0 saturated heterocycles. The minimum atomic E-state index is 0.136. The molecule has 98 valence electrons. The second-order valence-electron chi connectivity index (χ2n) is 4.57. The van der Waals surface area contributed by atoms with E-state index < -0.39 is 0 Å². The molecule has 1 atom stereocenters. The lowest BCUT2D eigenvalue weighted by Gasteiger charge is -2.17. The molecule has 0 aliphatic carbocycles. The second kappa shape index (κ2) is 5.40. The average Bonchev–Trinajstić information content (AvgIpc) is 2.89. The zero-order valence-corrected chi connectivity index (χ0v) is 11.5. The molecule has 0 bridgehead atoms. The van der Waals surface area contributed by atoms with Crippen LogP contribution in [0, 0.1) is 13.8 Å². The highest BCUT2D eigenvalue weighted by atomic mass is 16.3. The van der Waals surface area contributed by atoms with E-state index in [9.17, 15) is 0 Å². The predicted octanol–water partition coefficient (Wildman–Crippen LogP) is 2.81. The van der Waals surface area contributed by atoms with Crippen LogP contribution in [0.25, 0.3) is 0 Å². The molecule has 0 radical (unpaired) electrons. The highest BCUT2D eigenvalue weighted by Gasteiger charge is 2.20. The van der Waals surface area contributed by atoms with Crippen LogP contribution in [0.4, 0.5) is 0 Å². The first-order valence-electron chi connectivity index (χ1n) is 6.43.